The molecule has 1 N–H and O–H groups in total. The number of aromatic nitrogens is 1. The summed E-state index contributed by atoms with van der Waals surface area (Å²) in [6.07, 6.45) is 0. The zero-order valence-corrected chi connectivity index (χ0v) is 20.4. The zero-order valence-electron chi connectivity index (χ0n) is 18.8. The molecule has 0 saturated carbocycles. The number of carbonyl (C=O) groups is 1. The highest BCUT2D eigenvalue weighted by molar-refractivity contribution is 8.00. The summed E-state index contributed by atoms with van der Waals surface area (Å²) in [4.78, 5) is 17.5. The molecule has 1 heterocycles. The SMILES string of the molecule is Cc1ccc(C)c(NC(=O)CSc2nc(-c3ccccc3)cc(-c3ccccc3Cl)c2C#N)c1. The quantitative estimate of drug-likeness (QED) is 0.292. The van der Waals surface area contributed by atoms with Gasteiger partial charge in [-0.25, -0.2) is 4.98 Å². The Morgan fingerprint density at radius 3 is 2.47 bits per heavy atom. The van der Waals surface area contributed by atoms with Crippen LogP contribution in [0.5, 0.6) is 0 Å². The monoisotopic (exact) mass is 483 g/mol. The van der Waals surface area contributed by atoms with Crippen molar-refractivity contribution in [1.29, 1.82) is 5.26 Å². The third kappa shape index (κ3) is 5.31. The van der Waals surface area contributed by atoms with E-state index in [0.29, 0.717) is 26.9 Å². The molecule has 0 radical (unpaired) electrons. The minimum Gasteiger partial charge on any atom is -0.325 e. The summed E-state index contributed by atoms with van der Waals surface area (Å²) in [7, 11) is 0. The molecule has 34 heavy (non-hydrogen) atoms. The minimum atomic E-state index is -0.159. The van der Waals surface area contributed by atoms with Crippen LogP contribution in [-0.4, -0.2) is 16.6 Å². The number of nitrogens with zero attached hydrogens (tertiary/aromatic N) is 2. The number of thioether (sulfide) groups is 1. The van der Waals surface area contributed by atoms with Gasteiger partial charge in [0, 0.05) is 27.4 Å². The Kier molecular flexibility index (Phi) is 7.32. The van der Waals surface area contributed by atoms with E-state index in [-0.39, 0.29) is 11.7 Å². The topological polar surface area (TPSA) is 65.8 Å². The highest BCUT2D eigenvalue weighted by Gasteiger charge is 2.18. The van der Waals surface area contributed by atoms with Crippen LogP contribution in [0.2, 0.25) is 5.02 Å². The Bertz CT molecular complexity index is 1400. The molecule has 4 nitrogen and oxygen atoms in total. The molecule has 168 valence electrons. The first-order chi connectivity index (χ1) is 16.5. The number of rotatable bonds is 6. The molecule has 0 unspecified atom stereocenters. The molecular formula is C28H22ClN3OS. The first kappa shape index (κ1) is 23.6. The Hall–Kier alpha value is -3.59. The lowest BCUT2D eigenvalue weighted by Gasteiger charge is -2.14. The highest BCUT2D eigenvalue weighted by atomic mass is 35.5. The summed E-state index contributed by atoms with van der Waals surface area (Å²) in [5.41, 5.74) is 6.33. The molecule has 4 aromatic rings. The van der Waals surface area contributed by atoms with Crippen molar-refractivity contribution in [3.63, 3.8) is 0 Å². The van der Waals surface area contributed by atoms with Crippen molar-refractivity contribution < 1.29 is 4.79 Å². The van der Waals surface area contributed by atoms with Gasteiger partial charge in [0.2, 0.25) is 5.91 Å². The lowest BCUT2D eigenvalue weighted by Crippen LogP contribution is -2.15. The fraction of sp³-hybridized carbons (Fsp3) is 0.107. The number of carbonyl (C=O) groups excluding carboxylic acids is 1. The lowest BCUT2D eigenvalue weighted by molar-refractivity contribution is -0.113. The lowest BCUT2D eigenvalue weighted by atomic mass is 9.99. The first-order valence-electron chi connectivity index (χ1n) is 10.7. The molecule has 4 rings (SSSR count). The largest absolute Gasteiger partial charge is 0.325 e. The third-order valence-electron chi connectivity index (χ3n) is 5.34. The number of hydrogen-bond acceptors (Lipinski definition) is 4. The average Bonchev–Trinajstić information content (AvgIpc) is 2.85. The molecule has 1 aromatic heterocycles. The second-order valence-corrected chi connectivity index (χ2v) is 9.22. The Labute approximate surface area is 208 Å². The van der Waals surface area contributed by atoms with E-state index in [1.807, 2.05) is 86.6 Å². The van der Waals surface area contributed by atoms with Crippen molar-refractivity contribution >= 4 is 35.0 Å². The molecule has 0 bridgehead atoms. The Balaban J connectivity index is 1.70. The summed E-state index contributed by atoms with van der Waals surface area (Å²) in [5.74, 6) is -0.0382. The van der Waals surface area contributed by atoms with Gasteiger partial charge in [0.1, 0.15) is 11.1 Å². The van der Waals surface area contributed by atoms with E-state index < -0.39 is 0 Å². The number of halogens is 1. The summed E-state index contributed by atoms with van der Waals surface area (Å²) in [5, 5.41) is 14.0. The van der Waals surface area contributed by atoms with Gasteiger partial charge in [-0.15, -0.1) is 0 Å². The van der Waals surface area contributed by atoms with Gasteiger partial charge in [-0.05, 0) is 43.2 Å². The van der Waals surface area contributed by atoms with E-state index in [9.17, 15) is 10.1 Å². The average molecular weight is 484 g/mol. The summed E-state index contributed by atoms with van der Waals surface area (Å²) in [6, 6.07) is 27.3. The van der Waals surface area contributed by atoms with Gasteiger partial charge < -0.3 is 5.32 Å². The predicted octanol–water partition coefficient (Wildman–Crippen LogP) is 7.29. The number of aryl methyl sites for hydroxylation is 2. The van der Waals surface area contributed by atoms with Crippen molar-refractivity contribution in [3.8, 4) is 28.5 Å². The van der Waals surface area contributed by atoms with Crippen molar-refractivity contribution in [2.24, 2.45) is 0 Å². The maximum absolute atomic E-state index is 12.7. The van der Waals surface area contributed by atoms with Gasteiger partial charge in [-0.3, -0.25) is 4.79 Å². The number of amides is 1. The normalized spacial score (nSPS) is 10.5. The van der Waals surface area contributed by atoms with E-state index in [0.717, 1.165) is 27.9 Å². The van der Waals surface area contributed by atoms with Crippen LogP contribution >= 0.6 is 23.4 Å². The predicted molar refractivity (Wildman–Crippen MR) is 140 cm³/mol. The van der Waals surface area contributed by atoms with Crippen LogP contribution in [-0.2, 0) is 4.79 Å². The first-order valence-corrected chi connectivity index (χ1v) is 12.1. The van der Waals surface area contributed by atoms with Crippen LogP contribution in [0.1, 0.15) is 16.7 Å². The van der Waals surface area contributed by atoms with Crippen LogP contribution in [0.25, 0.3) is 22.4 Å². The van der Waals surface area contributed by atoms with Crippen molar-refractivity contribution in [2.45, 2.75) is 18.9 Å². The maximum Gasteiger partial charge on any atom is 0.234 e. The molecule has 0 saturated heterocycles. The van der Waals surface area contributed by atoms with E-state index in [2.05, 4.69) is 11.4 Å². The number of benzene rings is 3. The van der Waals surface area contributed by atoms with E-state index >= 15 is 0 Å². The van der Waals surface area contributed by atoms with Crippen molar-refractivity contribution in [1.82, 2.24) is 4.98 Å². The van der Waals surface area contributed by atoms with Gasteiger partial charge in [0.05, 0.1) is 17.0 Å². The molecule has 0 aliphatic heterocycles. The number of anilines is 1. The highest BCUT2D eigenvalue weighted by Crippen LogP contribution is 2.37. The van der Waals surface area contributed by atoms with Crippen LogP contribution in [0.3, 0.4) is 0 Å². The molecule has 6 heteroatoms. The van der Waals surface area contributed by atoms with E-state index in [1.54, 1.807) is 6.07 Å². The van der Waals surface area contributed by atoms with Crippen LogP contribution in [0.15, 0.2) is 83.9 Å². The Morgan fingerprint density at radius 1 is 1.00 bits per heavy atom. The molecule has 0 atom stereocenters. The zero-order chi connectivity index (χ0) is 24.1. The molecule has 0 aliphatic carbocycles. The van der Waals surface area contributed by atoms with Gasteiger partial charge in [0.15, 0.2) is 0 Å². The molecule has 1 amide bonds. The number of nitrogens with one attached hydrogen (secondary N) is 1. The van der Waals surface area contributed by atoms with Crippen LogP contribution in [0, 0.1) is 25.2 Å². The van der Waals surface area contributed by atoms with Crippen molar-refractivity contribution in [2.75, 3.05) is 11.1 Å². The summed E-state index contributed by atoms with van der Waals surface area (Å²) >= 11 is 7.73. The minimum absolute atomic E-state index is 0.120. The smallest absolute Gasteiger partial charge is 0.234 e. The fourth-order valence-corrected chi connectivity index (χ4v) is 4.61. The number of hydrogen-bond donors (Lipinski definition) is 1. The molecule has 0 fully saturated rings. The van der Waals surface area contributed by atoms with E-state index in [1.165, 1.54) is 11.8 Å². The maximum atomic E-state index is 12.7. The standard InChI is InChI=1S/C28H22ClN3OS/c1-18-12-13-19(2)25(14-18)31-27(33)17-34-28-23(16-30)22(21-10-6-7-11-24(21)29)15-26(32-28)20-8-4-3-5-9-20/h3-15H,17H2,1-2H3,(H,31,33). The number of nitriles is 1. The Morgan fingerprint density at radius 2 is 1.74 bits per heavy atom. The van der Waals surface area contributed by atoms with Gasteiger partial charge in [-0.1, -0.05) is 84.0 Å². The molecule has 0 aliphatic rings. The molecule has 3 aromatic carbocycles. The van der Waals surface area contributed by atoms with E-state index in [4.69, 9.17) is 16.6 Å². The summed E-state index contributed by atoms with van der Waals surface area (Å²) in [6.45, 7) is 3.94. The number of pyridine rings is 1. The third-order valence-corrected chi connectivity index (χ3v) is 6.64. The van der Waals surface area contributed by atoms with Crippen LogP contribution in [0.4, 0.5) is 5.69 Å². The fourth-order valence-electron chi connectivity index (χ4n) is 3.57. The second-order valence-electron chi connectivity index (χ2n) is 7.85. The van der Waals surface area contributed by atoms with Gasteiger partial charge in [-0.2, -0.15) is 5.26 Å². The molecular weight excluding hydrogens is 462 g/mol. The van der Waals surface area contributed by atoms with Gasteiger partial charge >= 0.3 is 0 Å². The van der Waals surface area contributed by atoms with Gasteiger partial charge in [0.25, 0.3) is 0 Å². The van der Waals surface area contributed by atoms with Crippen LogP contribution < -0.4 is 5.32 Å². The molecule has 0 spiro atoms. The second kappa shape index (κ2) is 10.6. The van der Waals surface area contributed by atoms with Crippen molar-refractivity contribution in [3.05, 3.63) is 101 Å². The summed E-state index contributed by atoms with van der Waals surface area (Å²) < 4.78 is 0.